The third-order valence-corrected chi connectivity index (χ3v) is 11.4. The van der Waals surface area contributed by atoms with E-state index >= 15 is 0 Å². The van der Waals surface area contributed by atoms with E-state index in [9.17, 15) is 24.0 Å². The number of alkyl carbamates (subject to hydrolysis) is 1. The molecule has 58 heavy (non-hydrogen) atoms. The molecule has 2 aliphatic carbocycles. The van der Waals surface area contributed by atoms with E-state index in [4.69, 9.17) is 4.74 Å². The molecule has 6 N–H and O–H groups in total. The highest BCUT2D eigenvalue weighted by molar-refractivity contribution is 5.99. The Morgan fingerprint density at radius 1 is 0.879 bits per heavy atom. The van der Waals surface area contributed by atoms with Gasteiger partial charge in [0.05, 0.1) is 11.0 Å². The van der Waals surface area contributed by atoms with Crippen LogP contribution in [0.1, 0.15) is 93.9 Å². The summed E-state index contributed by atoms with van der Waals surface area (Å²) in [6, 6.07) is 16.4. The lowest BCUT2D eigenvalue weighted by Gasteiger charge is -2.32. The normalized spacial score (nSPS) is 20.3. The molecule has 4 aromatic rings. The van der Waals surface area contributed by atoms with Crippen LogP contribution < -0.4 is 27.0 Å². The number of nitrogens with zero attached hydrogens (tertiary/aromatic N) is 2. The molecular formula is C44H58N8O6. The molecule has 2 heterocycles. The van der Waals surface area contributed by atoms with Crippen molar-refractivity contribution in [3.05, 3.63) is 82.0 Å². The summed E-state index contributed by atoms with van der Waals surface area (Å²) in [6.07, 6.45) is 6.61. The van der Waals surface area contributed by atoms with Crippen LogP contribution in [0.3, 0.4) is 0 Å². The van der Waals surface area contributed by atoms with Gasteiger partial charge in [0.25, 0.3) is 5.91 Å². The van der Waals surface area contributed by atoms with Crippen molar-refractivity contribution < 1.29 is 23.9 Å². The van der Waals surface area contributed by atoms with Crippen molar-refractivity contribution in [2.75, 3.05) is 26.0 Å². The SMILES string of the molecule is Cc1nc(C(=O)NC2CCC(N(C)C)CC2)ccc1-c1ccc(C[C@H](NC(=O)C2CCC(CNC(=O)OC(C)(C)C)CC2)C(=O)Nc2ccc3[nH]c(=O)[nH]c3c2)cc1. The zero-order valence-corrected chi connectivity index (χ0v) is 34.5. The summed E-state index contributed by atoms with van der Waals surface area (Å²) in [4.78, 5) is 77.0. The van der Waals surface area contributed by atoms with E-state index in [1.54, 1.807) is 24.3 Å². The highest BCUT2D eigenvalue weighted by Crippen LogP contribution is 2.30. The number of aromatic nitrogens is 3. The standard InChI is InChI=1S/C44H58N8O6/c1-26-34(20-22-36(46-26)40(54)47-31-15-18-33(19-16-31)52(5)6)29-11-7-27(8-12-29)23-38(41(55)48-32-17-21-35-37(24-32)51-42(56)50-35)49-39(53)30-13-9-28(10-14-30)25-45-43(57)58-44(2,3)4/h7-8,11-12,17,20-22,24,28,30-31,33,38H,9-10,13-16,18-19,23,25H2,1-6H3,(H,45,57)(H,47,54)(H,48,55)(H,49,53)(H2,50,51,56)/t28?,30?,31?,33?,38-/m0/s1. The Morgan fingerprint density at radius 2 is 1.57 bits per heavy atom. The number of aryl methyl sites for hydroxylation is 1. The summed E-state index contributed by atoms with van der Waals surface area (Å²) in [6.45, 7) is 7.84. The first-order chi connectivity index (χ1) is 27.6. The number of aromatic amines is 2. The van der Waals surface area contributed by atoms with Gasteiger partial charge in [-0.15, -0.1) is 0 Å². The number of anilines is 1. The Bertz CT molecular complexity index is 2140. The molecule has 0 aliphatic heterocycles. The molecule has 14 nitrogen and oxygen atoms in total. The third-order valence-electron chi connectivity index (χ3n) is 11.4. The van der Waals surface area contributed by atoms with Gasteiger partial charge in [0, 0.05) is 47.9 Å². The summed E-state index contributed by atoms with van der Waals surface area (Å²) in [5, 5.41) is 12.0. The zero-order valence-electron chi connectivity index (χ0n) is 34.5. The second-order valence-corrected chi connectivity index (χ2v) is 17.2. The van der Waals surface area contributed by atoms with Crippen molar-refractivity contribution >= 4 is 40.5 Å². The van der Waals surface area contributed by atoms with Crippen molar-refractivity contribution in [1.29, 1.82) is 0 Å². The third kappa shape index (κ3) is 11.3. The number of rotatable bonds is 12. The molecule has 0 radical (unpaired) electrons. The van der Waals surface area contributed by atoms with Gasteiger partial charge in [-0.25, -0.2) is 14.6 Å². The first-order valence-corrected chi connectivity index (χ1v) is 20.4. The summed E-state index contributed by atoms with van der Waals surface area (Å²) >= 11 is 0. The molecule has 1 atom stereocenters. The first kappa shape index (κ1) is 42.1. The highest BCUT2D eigenvalue weighted by Gasteiger charge is 2.31. The number of hydrogen-bond acceptors (Lipinski definition) is 8. The van der Waals surface area contributed by atoms with Crippen LogP contribution in [-0.4, -0.2) is 88.0 Å². The molecule has 0 bridgehead atoms. The monoisotopic (exact) mass is 794 g/mol. The van der Waals surface area contributed by atoms with Crippen LogP contribution >= 0.6 is 0 Å². The molecule has 2 aromatic heterocycles. The van der Waals surface area contributed by atoms with Crippen LogP contribution in [0.2, 0.25) is 0 Å². The average molecular weight is 795 g/mol. The van der Waals surface area contributed by atoms with Crippen molar-refractivity contribution in [2.24, 2.45) is 11.8 Å². The second-order valence-electron chi connectivity index (χ2n) is 17.2. The number of carbonyl (C=O) groups excluding carboxylic acids is 4. The van der Waals surface area contributed by atoms with Crippen molar-refractivity contribution in [1.82, 2.24) is 35.8 Å². The number of carbonyl (C=O) groups is 4. The summed E-state index contributed by atoms with van der Waals surface area (Å²) in [7, 11) is 4.21. The van der Waals surface area contributed by atoms with Crippen LogP contribution in [0, 0.1) is 18.8 Å². The molecule has 310 valence electrons. The maximum atomic E-state index is 13.9. The van der Waals surface area contributed by atoms with Gasteiger partial charge in [0.1, 0.15) is 17.3 Å². The van der Waals surface area contributed by atoms with E-state index in [1.165, 1.54) is 0 Å². The van der Waals surface area contributed by atoms with E-state index in [2.05, 4.69) is 55.2 Å². The first-order valence-electron chi connectivity index (χ1n) is 20.4. The number of amides is 4. The number of ether oxygens (including phenoxy) is 1. The van der Waals surface area contributed by atoms with Gasteiger partial charge in [0.15, 0.2) is 0 Å². The Kier molecular flexibility index (Phi) is 13.4. The molecule has 0 saturated heterocycles. The number of benzene rings is 2. The fourth-order valence-electron chi connectivity index (χ4n) is 8.05. The smallest absolute Gasteiger partial charge is 0.407 e. The highest BCUT2D eigenvalue weighted by atomic mass is 16.6. The number of nitrogens with one attached hydrogen (secondary N) is 6. The van der Waals surface area contributed by atoms with Crippen LogP contribution in [-0.2, 0) is 20.7 Å². The van der Waals surface area contributed by atoms with E-state index in [0.29, 0.717) is 47.8 Å². The molecule has 0 spiro atoms. The fraction of sp³-hybridized carbons (Fsp3) is 0.500. The lowest BCUT2D eigenvalue weighted by molar-refractivity contribution is -0.130. The minimum Gasteiger partial charge on any atom is -0.444 e. The Morgan fingerprint density at radius 3 is 2.22 bits per heavy atom. The second kappa shape index (κ2) is 18.4. The maximum absolute atomic E-state index is 13.9. The number of hydrogen-bond donors (Lipinski definition) is 6. The average Bonchev–Trinajstić information content (AvgIpc) is 3.56. The van der Waals surface area contributed by atoms with Gasteiger partial charge in [-0.3, -0.25) is 14.4 Å². The molecule has 2 fully saturated rings. The molecule has 2 aliphatic rings. The minimum atomic E-state index is -0.884. The van der Waals surface area contributed by atoms with Gasteiger partial charge in [-0.2, -0.15) is 0 Å². The van der Waals surface area contributed by atoms with Crippen LogP contribution in [0.5, 0.6) is 0 Å². The lowest BCUT2D eigenvalue weighted by atomic mass is 9.81. The largest absolute Gasteiger partial charge is 0.444 e. The molecule has 0 unspecified atom stereocenters. The summed E-state index contributed by atoms with van der Waals surface area (Å²) in [5.41, 5.74) is 4.52. The zero-order chi connectivity index (χ0) is 41.6. The van der Waals surface area contributed by atoms with E-state index < -0.39 is 17.7 Å². The van der Waals surface area contributed by atoms with Crippen LogP contribution in [0.25, 0.3) is 22.2 Å². The molecule has 4 amide bonds. The number of pyridine rings is 1. The molecule has 2 aromatic carbocycles. The van der Waals surface area contributed by atoms with E-state index in [1.807, 2.05) is 58.0 Å². The van der Waals surface area contributed by atoms with Crippen LogP contribution in [0.4, 0.5) is 10.5 Å². The van der Waals surface area contributed by atoms with Gasteiger partial charge in [0.2, 0.25) is 11.8 Å². The summed E-state index contributed by atoms with van der Waals surface area (Å²) in [5.74, 6) is -0.767. The van der Waals surface area contributed by atoms with Gasteiger partial charge < -0.3 is 40.9 Å². The Hall–Kier alpha value is -5.50. The molecule has 14 heteroatoms. The number of fused-ring (bicyclic) bond motifs is 1. The molecule has 6 rings (SSSR count). The number of imidazole rings is 1. The van der Waals surface area contributed by atoms with Gasteiger partial charge in [-0.1, -0.05) is 30.3 Å². The number of H-pyrrole nitrogens is 2. The van der Waals surface area contributed by atoms with E-state index in [0.717, 1.165) is 60.9 Å². The maximum Gasteiger partial charge on any atom is 0.407 e. The lowest BCUT2D eigenvalue weighted by Crippen LogP contribution is -2.48. The molecule has 2 saturated carbocycles. The predicted octanol–water partition coefficient (Wildman–Crippen LogP) is 5.83. The minimum absolute atomic E-state index is 0.150. The van der Waals surface area contributed by atoms with Gasteiger partial charge in [-0.05, 0) is 134 Å². The topological polar surface area (TPSA) is 190 Å². The van der Waals surface area contributed by atoms with Crippen molar-refractivity contribution in [3.8, 4) is 11.1 Å². The Balaban J connectivity index is 1.09. The van der Waals surface area contributed by atoms with Gasteiger partial charge >= 0.3 is 11.8 Å². The predicted molar refractivity (Wildman–Crippen MR) is 224 cm³/mol. The van der Waals surface area contributed by atoms with Crippen molar-refractivity contribution in [2.45, 2.75) is 109 Å². The van der Waals surface area contributed by atoms with E-state index in [-0.39, 0.29) is 47.7 Å². The fourth-order valence-corrected chi connectivity index (χ4v) is 8.05. The van der Waals surface area contributed by atoms with Crippen molar-refractivity contribution in [3.63, 3.8) is 0 Å². The quantitative estimate of drug-likeness (QED) is 0.103. The summed E-state index contributed by atoms with van der Waals surface area (Å²) < 4.78 is 5.36. The van der Waals surface area contributed by atoms with Crippen LogP contribution in [0.15, 0.2) is 59.4 Å². The molecular weight excluding hydrogens is 737 g/mol. The Labute approximate surface area is 339 Å².